The molecule has 2 atom stereocenters. The number of thiazole rings is 1. The average Bonchev–Trinajstić information content (AvgIpc) is 3.37. The largest absolute Gasteiger partial charge is 0.480 e. The normalized spacial score (nSPS) is 19.7. The number of carbonyl (C=O) groups is 3. The Morgan fingerprint density at radius 1 is 1.38 bits per heavy atom. The number of likely N-dealkylation sites (N-methyl/N-ethyl adjacent to an activating group) is 1. The third-order valence-electron chi connectivity index (χ3n) is 6.14. The fraction of sp³-hybridized carbons (Fsp3) is 0.400. The highest BCUT2D eigenvalue weighted by Gasteiger charge is 2.37. The molecule has 1 amide bonds. The first-order valence-corrected chi connectivity index (χ1v) is 13.8. The highest BCUT2D eigenvalue weighted by atomic mass is 79.9. The first kappa shape index (κ1) is 28.8. The fourth-order valence-corrected chi connectivity index (χ4v) is 5.57. The summed E-state index contributed by atoms with van der Waals surface area (Å²) < 4.78 is 25.1. The summed E-state index contributed by atoms with van der Waals surface area (Å²) in [7, 11) is 1.54. The molecule has 11 nitrogen and oxygen atoms in total. The molecule has 4 rings (SSSR count). The molecule has 0 aliphatic carbocycles. The number of nitrogens with one attached hydrogen (secondary N) is 2. The van der Waals surface area contributed by atoms with Crippen molar-refractivity contribution in [3.63, 3.8) is 0 Å². The summed E-state index contributed by atoms with van der Waals surface area (Å²) in [6.45, 7) is 2.49. The van der Waals surface area contributed by atoms with E-state index in [0.717, 1.165) is 0 Å². The SMILES string of the molecule is CCOC(=O)C1=C(CN2CCOCC2C(=O)O)NC(c2nc(CC(=O)NC)cs2)=NC1c1ccc(F)cc1Br. The van der Waals surface area contributed by atoms with Gasteiger partial charge in [0.1, 0.15) is 17.9 Å². The van der Waals surface area contributed by atoms with Crippen molar-refractivity contribution in [2.24, 2.45) is 4.99 Å². The number of hydrogen-bond donors (Lipinski definition) is 3. The molecule has 3 N–H and O–H groups in total. The van der Waals surface area contributed by atoms with Gasteiger partial charge < -0.3 is 25.2 Å². The summed E-state index contributed by atoms with van der Waals surface area (Å²) in [6, 6.07) is 2.24. The Morgan fingerprint density at radius 2 is 2.18 bits per heavy atom. The number of amidine groups is 1. The molecule has 1 aromatic heterocycles. The summed E-state index contributed by atoms with van der Waals surface area (Å²) in [5.41, 5.74) is 1.61. The third kappa shape index (κ3) is 6.69. The molecular weight excluding hydrogens is 597 g/mol. The van der Waals surface area contributed by atoms with Gasteiger partial charge in [-0.3, -0.25) is 19.5 Å². The molecule has 2 aliphatic heterocycles. The van der Waals surface area contributed by atoms with Gasteiger partial charge in [0.05, 0.1) is 37.5 Å². The van der Waals surface area contributed by atoms with E-state index >= 15 is 0 Å². The molecule has 39 heavy (non-hydrogen) atoms. The van der Waals surface area contributed by atoms with Crippen molar-refractivity contribution < 1.29 is 33.4 Å². The smallest absolute Gasteiger partial charge is 0.338 e. The van der Waals surface area contributed by atoms with Crippen molar-refractivity contribution in [1.82, 2.24) is 20.5 Å². The number of amides is 1. The molecule has 1 saturated heterocycles. The van der Waals surface area contributed by atoms with Gasteiger partial charge in [-0.1, -0.05) is 22.0 Å². The topological polar surface area (TPSA) is 142 Å². The molecule has 1 aromatic carbocycles. The zero-order valence-electron chi connectivity index (χ0n) is 21.2. The molecular formula is C25H27BrFN5O6S. The van der Waals surface area contributed by atoms with Crippen LogP contribution in [-0.4, -0.2) is 84.7 Å². The molecule has 2 aromatic rings. The van der Waals surface area contributed by atoms with E-state index < -0.39 is 29.8 Å². The first-order valence-electron chi connectivity index (χ1n) is 12.1. The van der Waals surface area contributed by atoms with Gasteiger partial charge in [-0.05, 0) is 24.6 Å². The number of carbonyl (C=O) groups excluding carboxylic acids is 2. The number of aliphatic carboxylic acids is 1. The van der Waals surface area contributed by atoms with E-state index in [1.165, 1.54) is 36.6 Å². The lowest BCUT2D eigenvalue weighted by Gasteiger charge is -2.35. The number of carboxylic acids is 1. The Balaban J connectivity index is 1.82. The molecule has 1 fully saturated rings. The lowest BCUT2D eigenvalue weighted by molar-refractivity contribution is -0.149. The van der Waals surface area contributed by atoms with Gasteiger partial charge in [-0.2, -0.15) is 0 Å². The molecule has 0 saturated carbocycles. The van der Waals surface area contributed by atoms with Crippen LogP contribution in [0.2, 0.25) is 0 Å². The minimum absolute atomic E-state index is 0.000567. The zero-order chi connectivity index (χ0) is 28.1. The first-order chi connectivity index (χ1) is 18.7. The Morgan fingerprint density at radius 3 is 2.87 bits per heavy atom. The zero-order valence-corrected chi connectivity index (χ0v) is 23.6. The highest BCUT2D eigenvalue weighted by molar-refractivity contribution is 9.10. The number of hydrogen-bond acceptors (Lipinski definition) is 10. The molecule has 14 heteroatoms. The van der Waals surface area contributed by atoms with Gasteiger partial charge in [-0.15, -0.1) is 11.3 Å². The van der Waals surface area contributed by atoms with Gasteiger partial charge in [0, 0.05) is 35.7 Å². The number of aliphatic imine (C=N–C) groups is 1. The van der Waals surface area contributed by atoms with Crippen LogP contribution in [-0.2, 0) is 30.3 Å². The molecule has 0 bridgehead atoms. The van der Waals surface area contributed by atoms with Crippen LogP contribution in [0.15, 0.2) is 44.3 Å². The van der Waals surface area contributed by atoms with Gasteiger partial charge in [-0.25, -0.2) is 14.2 Å². The maximum Gasteiger partial charge on any atom is 0.338 e. The average molecular weight is 624 g/mol. The van der Waals surface area contributed by atoms with E-state index in [-0.39, 0.29) is 37.7 Å². The number of rotatable bonds is 9. The van der Waals surface area contributed by atoms with Crippen LogP contribution in [0.1, 0.15) is 29.2 Å². The van der Waals surface area contributed by atoms with E-state index in [2.05, 4.69) is 31.5 Å². The molecule has 2 unspecified atom stereocenters. The van der Waals surface area contributed by atoms with E-state index in [9.17, 15) is 23.9 Å². The quantitative estimate of drug-likeness (QED) is 0.358. The Labute approximate surface area is 236 Å². The van der Waals surface area contributed by atoms with Crippen molar-refractivity contribution in [3.8, 4) is 0 Å². The lowest BCUT2D eigenvalue weighted by Crippen LogP contribution is -2.52. The van der Waals surface area contributed by atoms with Crippen LogP contribution in [0.5, 0.6) is 0 Å². The second-order valence-electron chi connectivity index (χ2n) is 8.68. The van der Waals surface area contributed by atoms with Crippen molar-refractivity contribution >= 4 is 50.9 Å². The standard InChI is InChI=1S/C25H27BrFN5O6S/c1-3-38-25(36)20-17(10-32-6-7-37-11-18(32)24(34)35)30-22(23-29-14(12-39-23)9-19(33)28-2)31-21(20)15-5-4-13(27)8-16(15)26/h4-5,8,12,18,21H,3,6-7,9-11H2,1-2H3,(H,28,33)(H,30,31)(H,34,35). The van der Waals surface area contributed by atoms with Gasteiger partial charge in [0.15, 0.2) is 10.8 Å². The van der Waals surface area contributed by atoms with E-state index in [1.807, 2.05) is 0 Å². The number of benzene rings is 1. The third-order valence-corrected chi connectivity index (χ3v) is 7.72. The number of esters is 1. The summed E-state index contributed by atoms with van der Waals surface area (Å²) in [5, 5.41) is 17.7. The predicted octanol–water partition coefficient (Wildman–Crippen LogP) is 2.03. The number of aromatic nitrogens is 1. The minimum atomic E-state index is -1.05. The van der Waals surface area contributed by atoms with E-state index in [0.29, 0.717) is 45.4 Å². The number of nitrogens with zero attached hydrogens (tertiary/aromatic N) is 3. The van der Waals surface area contributed by atoms with E-state index in [1.54, 1.807) is 17.2 Å². The number of halogens is 2. The van der Waals surface area contributed by atoms with Crippen LogP contribution in [0, 0.1) is 5.82 Å². The Hall–Kier alpha value is -3.20. The van der Waals surface area contributed by atoms with Crippen molar-refractivity contribution in [3.05, 3.63) is 61.4 Å². The number of morpholine rings is 1. The van der Waals surface area contributed by atoms with Gasteiger partial charge >= 0.3 is 11.9 Å². The minimum Gasteiger partial charge on any atom is -0.480 e. The maximum atomic E-state index is 14.0. The lowest BCUT2D eigenvalue weighted by atomic mass is 9.95. The van der Waals surface area contributed by atoms with Crippen LogP contribution < -0.4 is 10.6 Å². The number of carboxylic acid groups (broad SMARTS) is 1. The summed E-state index contributed by atoms with van der Waals surface area (Å²) in [4.78, 5) is 48.2. The summed E-state index contributed by atoms with van der Waals surface area (Å²) in [6.07, 6.45) is 0.0814. The monoisotopic (exact) mass is 623 g/mol. The van der Waals surface area contributed by atoms with Gasteiger partial charge in [0.25, 0.3) is 0 Å². The number of ether oxygens (including phenoxy) is 2. The Kier molecular flexibility index (Phi) is 9.43. The van der Waals surface area contributed by atoms with Crippen molar-refractivity contribution in [2.45, 2.75) is 25.4 Å². The van der Waals surface area contributed by atoms with Crippen molar-refractivity contribution in [1.29, 1.82) is 0 Å². The summed E-state index contributed by atoms with van der Waals surface area (Å²) in [5.74, 6) is -2.02. The Bertz CT molecular complexity index is 1330. The molecule has 2 aliphatic rings. The molecule has 3 heterocycles. The maximum absolute atomic E-state index is 14.0. The molecule has 0 spiro atoms. The van der Waals surface area contributed by atoms with Crippen LogP contribution in [0.3, 0.4) is 0 Å². The molecule has 208 valence electrons. The van der Waals surface area contributed by atoms with Crippen LogP contribution >= 0.6 is 27.3 Å². The predicted molar refractivity (Wildman–Crippen MR) is 144 cm³/mol. The van der Waals surface area contributed by atoms with E-state index in [4.69, 9.17) is 14.5 Å². The summed E-state index contributed by atoms with van der Waals surface area (Å²) >= 11 is 4.66. The van der Waals surface area contributed by atoms with Gasteiger partial charge in [0.2, 0.25) is 5.91 Å². The van der Waals surface area contributed by atoms with Crippen LogP contribution in [0.25, 0.3) is 0 Å². The second-order valence-corrected chi connectivity index (χ2v) is 10.4. The second kappa shape index (κ2) is 12.8. The fourth-order valence-electron chi connectivity index (χ4n) is 4.23. The van der Waals surface area contributed by atoms with Crippen molar-refractivity contribution in [2.75, 3.05) is 40.0 Å². The molecule has 0 radical (unpaired) electrons. The highest BCUT2D eigenvalue weighted by Crippen LogP contribution is 2.37. The van der Waals surface area contributed by atoms with Crippen LogP contribution in [0.4, 0.5) is 4.39 Å².